The molecule has 7 heteroatoms. The van der Waals surface area contributed by atoms with Gasteiger partial charge in [0, 0.05) is 20.2 Å². The Bertz CT molecular complexity index is 505. The molecule has 0 saturated heterocycles. The third kappa shape index (κ3) is 5.09. The number of nitrogens with one attached hydrogen (secondary N) is 2. The Labute approximate surface area is 120 Å². The normalized spacial score (nSPS) is 13.2. The minimum atomic E-state index is -3.50. The Morgan fingerprint density at radius 3 is 2.70 bits per heavy atom. The van der Waals surface area contributed by atoms with E-state index >= 15 is 0 Å². The number of anilines is 1. The van der Waals surface area contributed by atoms with Crippen molar-refractivity contribution in [1.82, 2.24) is 4.72 Å². The summed E-state index contributed by atoms with van der Waals surface area (Å²) in [6.07, 6.45) is -0.0892. The Balaban J connectivity index is 2.72. The summed E-state index contributed by atoms with van der Waals surface area (Å²) in [5.74, 6) is 0. The van der Waals surface area contributed by atoms with Gasteiger partial charge in [-0.2, -0.15) is 0 Å². The zero-order valence-corrected chi connectivity index (χ0v) is 12.6. The number of aliphatic hydroxyl groups is 1. The summed E-state index contributed by atoms with van der Waals surface area (Å²) in [6.45, 7) is 2.79. The van der Waals surface area contributed by atoms with Crippen LogP contribution in [0.3, 0.4) is 0 Å². The number of methoxy groups -OCH3 is 1. The van der Waals surface area contributed by atoms with Crippen LogP contribution in [0.2, 0.25) is 0 Å². The van der Waals surface area contributed by atoms with Gasteiger partial charge in [0.2, 0.25) is 10.0 Å². The second-order valence-electron chi connectivity index (χ2n) is 4.32. The van der Waals surface area contributed by atoms with E-state index in [0.717, 1.165) is 0 Å². The first-order chi connectivity index (χ1) is 9.51. The highest BCUT2D eigenvalue weighted by molar-refractivity contribution is 7.89. The molecule has 0 saturated carbocycles. The fourth-order valence-electron chi connectivity index (χ4n) is 1.76. The lowest BCUT2D eigenvalue weighted by atomic mass is 10.2. The molecule has 0 spiro atoms. The molecular weight excluding hydrogens is 280 g/mol. The lowest BCUT2D eigenvalue weighted by molar-refractivity contribution is 0.0615. The van der Waals surface area contributed by atoms with E-state index in [2.05, 4.69) is 10.0 Å². The Hall–Kier alpha value is -1.15. The van der Waals surface area contributed by atoms with Gasteiger partial charge in [-0.15, -0.1) is 0 Å². The minimum Gasteiger partial charge on any atom is -0.391 e. The van der Waals surface area contributed by atoms with E-state index in [9.17, 15) is 13.5 Å². The molecule has 3 N–H and O–H groups in total. The maximum atomic E-state index is 12.0. The van der Waals surface area contributed by atoms with Crippen LogP contribution in [0.15, 0.2) is 29.2 Å². The molecule has 0 amide bonds. The van der Waals surface area contributed by atoms with Crippen LogP contribution < -0.4 is 10.0 Å². The van der Waals surface area contributed by atoms with Gasteiger partial charge in [0.1, 0.15) is 4.90 Å². The van der Waals surface area contributed by atoms with Gasteiger partial charge in [-0.3, -0.25) is 0 Å². The second-order valence-corrected chi connectivity index (χ2v) is 6.06. The average Bonchev–Trinajstić information content (AvgIpc) is 2.39. The van der Waals surface area contributed by atoms with Crippen molar-refractivity contribution < 1.29 is 18.3 Å². The monoisotopic (exact) mass is 302 g/mol. The first-order valence-corrected chi connectivity index (χ1v) is 7.99. The molecule has 0 aromatic heterocycles. The van der Waals surface area contributed by atoms with E-state index < -0.39 is 16.1 Å². The zero-order chi connectivity index (χ0) is 15.0. The van der Waals surface area contributed by atoms with E-state index in [4.69, 9.17) is 4.74 Å². The fraction of sp³-hybridized carbons (Fsp3) is 0.538. The standard InChI is InChI=1S/C13H22N2O4S/c1-3-15-20(17,18)13-7-5-4-6-12(13)14-9-8-11(16)10-19-2/h4-7,11,14-16H,3,8-10H2,1-2H3. The van der Waals surface area contributed by atoms with Crippen LogP contribution in [0, 0.1) is 0 Å². The number of hydrogen-bond acceptors (Lipinski definition) is 5. The highest BCUT2D eigenvalue weighted by Gasteiger charge is 2.16. The van der Waals surface area contributed by atoms with Crippen molar-refractivity contribution in [3.05, 3.63) is 24.3 Å². The van der Waals surface area contributed by atoms with Crippen LogP contribution in [0.5, 0.6) is 0 Å². The van der Waals surface area contributed by atoms with E-state index in [-0.39, 0.29) is 11.5 Å². The largest absolute Gasteiger partial charge is 0.391 e. The maximum Gasteiger partial charge on any atom is 0.242 e. The van der Waals surface area contributed by atoms with Gasteiger partial charge in [-0.05, 0) is 18.6 Å². The molecule has 0 bridgehead atoms. The SMILES string of the molecule is CCNS(=O)(=O)c1ccccc1NCCC(O)COC. The summed E-state index contributed by atoms with van der Waals surface area (Å²) in [7, 11) is -1.98. The van der Waals surface area contributed by atoms with Crippen molar-refractivity contribution in [2.45, 2.75) is 24.3 Å². The molecule has 20 heavy (non-hydrogen) atoms. The number of ether oxygens (including phenoxy) is 1. The molecule has 0 heterocycles. The van der Waals surface area contributed by atoms with Crippen molar-refractivity contribution in [2.24, 2.45) is 0 Å². The third-order valence-electron chi connectivity index (χ3n) is 2.66. The van der Waals surface area contributed by atoms with Gasteiger partial charge >= 0.3 is 0 Å². The fourth-order valence-corrected chi connectivity index (χ4v) is 2.99. The molecule has 1 aromatic carbocycles. The Morgan fingerprint density at radius 2 is 2.05 bits per heavy atom. The molecule has 0 aliphatic rings. The first kappa shape index (κ1) is 16.9. The van der Waals surface area contributed by atoms with Crippen LogP contribution in [0.1, 0.15) is 13.3 Å². The van der Waals surface area contributed by atoms with Crippen LogP contribution in [0.25, 0.3) is 0 Å². The lowest BCUT2D eigenvalue weighted by Crippen LogP contribution is -2.24. The van der Waals surface area contributed by atoms with Gasteiger partial charge in [0.15, 0.2) is 0 Å². The Morgan fingerprint density at radius 1 is 1.35 bits per heavy atom. The summed E-state index contributed by atoms with van der Waals surface area (Å²) in [6, 6.07) is 6.69. The summed E-state index contributed by atoms with van der Waals surface area (Å²) in [5, 5.41) is 12.6. The summed E-state index contributed by atoms with van der Waals surface area (Å²) in [5.41, 5.74) is 0.526. The molecule has 6 nitrogen and oxygen atoms in total. The molecule has 1 rings (SSSR count). The van der Waals surface area contributed by atoms with Gasteiger partial charge in [0.05, 0.1) is 18.4 Å². The molecule has 1 atom stereocenters. The summed E-state index contributed by atoms with van der Waals surface area (Å²) < 4.78 is 31.4. The predicted octanol–water partition coefficient (Wildman–Crippen LogP) is 0.794. The number of sulfonamides is 1. The van der Waals surface area contributed by atoms with E-state index in [1.54, 1.807) is 31.2 Å². The quantitative estimate of drug-likeness (QED) is 0.628. The third-order valence-corrected chi connectivity index (χ3v) is 4.27. The highest BCUT2D eigenvalue weighted by Crippen LogP contribution is 2.20. The molecule has 0 fully saturated rings. The van der Waals surface area contributed by atoms with Crippen LogP contribution >= 0.6 is 0 Å². The van der Waals surface area contributed by atoms with Crippen molar-refractivity contribution in [2.75, 3.05) is 32.1 Å². The van der Waals surface area contributed by atoms with Crippen LogP contribution in [-0.2, 0) is 14.8 Å². The van der Waals surface area contributed by atoms with Gasteiger partial charge in [-0.1, -0.05) is 19.1 Å². The van der Waals surface area contributed by atoms with Crippen molar-refractivity contribution in [3.63, 3.8) is 0 Å². The average molecular weight is 302 g/mol. The summed E-state index contributed by atoms with van der Waals surface area (Å²) >= 11 is 0. The summed E-state index contributed by atoms with van der Waals surface area (Å²) in [4.78, 5) is 0.211. The Kier molecular flexibility index (Phi) is 6.94. The van der Waals surface area contributed by atoms with Gasteiger partial charge in [0.25, 0.3) is 0 Å². The van der Waals surface area contributed by atoms with Crippen molar-refractivity contribution in [1.29, 1.82) is 0 Å². The molecule has 1 unspecified atom stereocenters. The molecule has 114 valence electrons. The number of benzene rings is 1. The first-order valence-electron chi connectivity index (χ1n) is 6.50. The lowest BCUT2D eigenvalue weighted by Gasteiger charge is -2.14. The van der Waals surface area contributed by atoms with Crippen molar-refractivity contribution >= 4 is 15.7 Å². The number of hydrogen-bond donors (Lipinski definition) is 3. The highest BCUT2D eigenvalue weighted by atomic mass is 32.2. The molecule has 0 radical (unpaired) electrons. The van der Waals surface area contributed by atoms with Crippen LogP contribution in [-0.4, -0.2) is 46.4 Å². The number of rotatable bonds is 9. The maximum absolute atomic E-state index is 12.0. The molecular formula is C13H22N2O4S. The molecule has 0 aliphatic heterocycles. The number of aliphatic hydroxyl groups excluding tert-OH is 1. The van der Waals surface area contributed by atoms with Crippen molar-refractivity contribution in [3.8, 4) is 0 Å². The number of para-hydroxylation sites is 1. The molecule has 1 aromatic rings. The van der Waals surface area contributed by atoms with E-state index in [1.807, 2.05) is 0 Å². The van der Waals surface area contributed by atoms with Crippen LogP contribution in [0.4, 0.5) is 5.69 Å². The van der Waals surface area contributed by atoms with E-state index in [1.165, 1.54) is 7.11 Å². The topological polar surface area (TPSA) is 87.7 Å². The molecule has 0 aliphatic carbocycles. The minimum absolute atomic E-state index is 0.211. The second kappa shape index (κ2) is 8.21. The smallest absolute Gasteiger partial charge is 0.242 e. The zero-order valence-electron chi connectivity index (χ0n) is 11.8. The van der Waals surface area contributed by atoms with E-state index in [0.29, 0.717) is 25.2 Å². The predicted molar refractivity (Wildman–Crippen MR) is 78.3 cm³/mol. The van der Waals surface area contributed by atoms with Gasteiger partial charge in [-0.25, -0.2) is 13.1 Å². The van der Waals surface area contributed by atoms with Gasteiger partial charge < -0.3 is 15.2 Å².